The van der Waals surface area contributed by atoms with E-state index in [0.29, 0.717) is 18.2 Å². The van der Waals surface area contributed by atoms with Crippen molar-refractivity contribution < 1.29 is 4.79 Å². The van der Waals surface area contributed by atoms with E-state index >= 15 is 0 Å². The van der Waals surface area contributed by atoms with Crippen molar-refractivity contribution in [3.63, 3.8) is 0 Å². The number of nitrogens with zero attached hydrogens (tertiary/aromatic N) is 2. The third-order valence-electron chi connectivity index (χ3n) is 6.74. The lowest BCUT2D eigenvalue weighted by atomic mass is 10.0. The van der Waals surface area contributed by atoms with Crippen molar-refractivity contribution in [3.05, 3.63) is 75.6 Å². The number of nitrogens with one attached hydrogen (secondary N) is 1. The van der Waals surface area contributed by atoms with Gasteiger partial charge in [0.1, 0.15) is 5.69 Å². The van der Waals surface area contributed by atoms with Crippen LogP contribution in [0.5, 0.6) is 0 Å². The van der Waals surface area contributed by atoms with Crippen LogP contribution in [0, 0.1) is 33.6 Å². The fraction of sp³-hybridized carbons (Fsp3) is 0.357. The van der Waals surface area contributed by atoms with Crippen molar-refractivity contribution in [1.29, 1.82) is 0 Å². The van der Waals surface area contributed by atoms with Crippen LogP contribution >= 0.6 is 11.3 Å². The molecular weight excluding hydrogens is 426 g/mol. The molecule has 1 saturated carbocycles. The van der Waals surface area contributed by atoms with Gasteiger partial charge in [0.05, 0.1) is 9.88 Å². The highest BCUT2D eigenvalue weighted by molar-refractivity contribution is 7.15. The van der Waals surface area contributed by atoms with E-state index in [4.69, 9.17) is 4.98 Å². The molecule has 2 aromatic heterocycles. The Hall–Kier alpha value is -2.92. The molecule has 0 unspecified atom stereocenters. The van der Waals surface area contributed by atoms with Crippen LogP contribution in [-0.2, 0) is 6.42 Å². The number of hydrogen-bond donors (Lipinski definition) is 1. The Morgan fingerprint density at radius 1 is 1.09 bits per heavy atom. The summed E-state index contributed by atoms with van der Waals surface area (Å²) >= 11 is 1.62. The minimum Gasteiger partial charge on any atom is -0.361 e. The highest BCUT2D eigenvalue weighted by Gasteiger charge is 2.30. The van der Waals surface area contributed by atoms with E-state index in [-0.39, 0.29) is 5.91 Å². The van der Waals surface area contributed by atoms with Gasteiger partial charge in [0, 0.05) is 30.2 Å². The maximum absolute atomic E-state index is 13.8. The first-order valence-corrected chi connectivity index (χ1v) is 12.6. The summed E-state index contributed by atoms with van der Waals surface area (Å²) in [5.74, 6) is 0.694. The Balaban J connectivity index is 1.43. The van der Waals surface area contributed by atoms with Crippen LogP contribution in [0.15, 0.2) is 42.6 Å². The summed E-state index contributed by atoms with van der Waals surface area (Å²) in [6.07, 6.45) is 5.37. The van der Waals surface area contributed by atoms with Crippen LogP contribution in [0.4, 0.5) is 0 Å². The van der Waals surface area contributed by atoms with Crippen LogP contribution in [0.1, 0.15) is 50.6 Å². The molecule has 0 spiro atoms. The second-order valence-electron chi connectivity index (χ2n) is 9.52. The van der Waals surface area contributed by atoms with Gasteiger partial charge >= 0.3 is 0 Å². The fourth-order valence-corrected chi connectivity index (χ4v) is 5.35. The minimum atomic E-state index is 0.0653. The van der Waals surface area contributed by atoms with Gasteiger partial charge in [-0.15, -0.1) is 11.3 Å². The van der Waals surface area contributed by atoms with E-state index in [1.807, 2.05) is 11.8 Å². The molecule has 1 N–H and O–H groups in total. The molecule has 2 aromatic carbocycles. The number of fused-ring (bicyclic) bond motifs is 1. The molecule has 4 aromatic rings. The topological polar surface area (TPSA) is 49.0 Å². The second-order valence-corrected chi connectivity index (χ2v) is 10.7. The number of carbonyl (C=O) groups is 1. The van der Waals surface area contributed by atoms with E-state index < -0.39 is 0 Å². The van der Waals surface area contributed by atoms with Gasteiger partial charge in [-0.1, -0.05) is 29.8 Å². The standard InChI is InChI=1S/C28H31N3OS/c1-17-5-10-25-24(13-17)23(15-29-25)11-12-31(16-21-7-8-21)28(32)26-27(33-20(4)30-26)22-9-6-18(2)19(3)14-22/h5-6,9-10,13-15,21,29H,7-8,11-12,16H2,1-4H3. The number of aromatic amines is 1. The zero-order chi connectivity index (χ0) is 23.1. The molecule has 0 aliphatic heterocycles. The number of H-pyrrole nitrogens is 1. The molecule has 4 nitrogen and oxygen atoms in total. The molecule has 0 saturated heterocycles. The van der Waals surface area contributed by atoms with E-state index in [9.17, 15) is 4.79 Å². The molecule has 0 bridgehead atoms. The van der Waals surface area contributed by atoms with Gasteiger partial charge < -0.3 is 9.88 Å². The Labute approximate surface area is 199 Å². The monoisotopic (exact) mass is 457 g/mol. The summed E-state index contributed by atoms with van der Waals surface area (Å²) < 4.78 is 0. The first-order valence-electron chi connectivity index (χ1n) is 11.8. The predicted molar refractivity (Wildman–Crippen MR) is 137 cm³/mol. The van der Waals surface area contributed by atoms with Crippen molar-refractivity contribution in [1.82, 2.24) is 14.9 Å². The molecule has 33 heavy (non-hydrogen) atoms. The molecular formula is C28H31N3OS. The number of hydrogen-bond acceptors (Lipinski definition) is 3. The van der Waals surface area contributed by atoms with Gasteiger partial charge in [0.15, 0.2) is 0 Å². The van der Waals surface area contributed by atoms with Gasteiger partial charge in [-0.05, 0) is 87.3 Å². The van der Waals surface area contributed by atoms with Crippen molar-refractivity contribution in [2.45, 2.75) is 47.0 Å². The van der Waals surface area contributed by atoms with Crippen LogP contribution in [-0.4, -0.2) is 33.9 Å². The lowest BCUT2D eigenvalue weighted by Gasteiger charge is -2.22. The number of benzene rings is 2. The van der Waals surface area contributed by atoms with E-state index in [1.165, 1.54) is 40.5 Å². The quantitative estimate of drug-likeness (QED) is 0.339. The Bertz CT molecular complexity index is 1330. The maximum Gasteiger partial charge on any atom is 0.274 e. The lowest BCUT2D eigenvalue weighted by molar-refractivity contribution is 0.0745. The first-order chi connectivity index (χ1) is 15.9. The smallest absolute Gasteiger partial charge is 0.274 e. The molecule has 0 radical (unpaired) electrons. The molecule has 1 aliphatic rings. The number of rotatable bonds is 7. The number of aryl methyl sites for hydroxylation is 4. The first kappa shape index (κ1) is 21.9. The van der Waals surface area contributed by atoms with Crippen LogP contribution < -0.4 is 0 Å². The highest BCUT2D eigenvalue weighted by Crippen LogP contribution is 2.34. The summed E-state index contributed by atoms with van der Waals surface area (Å²) in [6.45, 7) is 9.88. The molecule has 5 rings (SSSR count). The number of aromatic nitrogens is 2. The van der Waals surface area contributed by atoms with Crippen LogP contribution in [0.2, 0.25) is 0 Å². The van der Waals surface area contributed by atoms with Crippen LogP contribution in [0.3, 0.4) is 0 Å². The molecule has 2 heterocycles. The lowest BCUT2D eigenvalue weighted by Crippen LogP contribution is -2.35. The maximum atomic E-state index is 13.8. The van der Waals surface area contributed by atoms with E-state index in [2.05, 4.69) is 68.4 Å². The summed E-state index contributed by atoms with van der Waals surface area (Å²) in [5.41, 5.74) is 7.87. The molecule has 1 fully saturated rings. The minimum absolute atomic E-state index is 0.0653. The molecule has 5 heteroatoms. The van der Waals surface area contributed by atoms with E-state index in [1.54, 1.807) is 11.3 Å². The normalized spacial score (nSPS) is 13.6. The summed E-state index contributed by atoms with van der Waals surface area (Å²) in [6, 6.07) is 12.9. The van der Waals surface area contributed by atoms with Crippen molar-refractivity contribution in [3.8, 4) is 10.4 Å². The Kier molecular flexibility index (Phi) is 5.83. The van der Waals surface area contributed by atoms with Crippen LogP contribution in [0.25, 0.3) is 21.3 Å². The summed E-state index contributed by atoms with van der Waals surface area (Å²) in [4.78, 5) is 24.9. The van der Waals surface area contributed by atoms with Gasteiger partial charge in [-0.3, -0.25) is 4.79 Å². The molecule has 1 amide bonds. The van der Waals surface area contributed by atoms with E-state index in [0.717, 1.165) is 33.9 Å². The predicted octanol–water partition coefficient (Wildman–Crippen LogP) is 6.62. The third-order valence-corrected chi connectivity index (χ3v) is 7.76. The van der Waals surface area contributed by atoms with Gasteiger partial charge in [0.25, 0.3) is 5.91 Å². The zero-order valence-electron chi connectivity index (χ0n) is 19.9. The zero-order valence-corrected chi connectivity index (χ0v) is 20.7. The Morgan fingerprint density at radius 2 is 1.91 bits per heavy atom. The summed E-state index contributed by atoms with van der Waals surface area (Å²) in [5, 5.41) is 2.19. The molecule has 170 valence electrons. The Morgan fingerprint density at radius 3 is 2.67 bits per heavy atom. The number of amides is 1. The van der Waals surface area contributed by atoms with Gasteiger partial charge in [0.2, 0.25) is 0 Å². The van der Waals surface area contributed by atoms with Crippen molar-refractivity contribution in [2.75, 3.05) is 13.1 Å². The highest BCUT2D eigenvalue weighted by atomic mass is 32.1. The van der Waals surface area contributed by atoms with Gasteiger partial charge in [-0.25, -0.2) is 4.98 Å². The average molecular weight is 458 g/mol. The largest absolute Gasteiger partial charge is 0.361 e. The molecule has 0 atom stereocenters. The van der Waals surface area contributed by atoms with Crippen molar-refractivity contribution in [2.24, 2.45) is 5.92 Å². The SMILES string of the molecule is Cc1ccc2[nH]cc(CCN(CC3CC3)C(=O)c3nc(C)sc3-c3ccc(C)c(C)c3)c2c1. The van der Waals surface area contributed by atoms with Gasteiger partial charge in [-0.2, -0.15) is 0 Å². The fourth-order valence-electron chi connectivity index (χ4n) is 4.44. The second kappa shape index (κ2) is 8.79. The average Bonchev–Trinajstić information content (AvgIpc) is 3.40. The third kappa shape index (κ3) is 4.60. The number of thiazole rings is 1. The molecule has 1 aliphatic carbocycles. The number of carbonyl (C=O) groups excluding carboxylic acids is 1. The van der Waals surface area contributed by atoms with Crippen molar-refractivity contribution >= 4 is 28.1 Å². The summed E-state index contributed by atoms with van der Waals surface area (Å²) in [7, 11) is 0.